The molecule has 1 unspecified atom stereocenters. The van der Waals surface area contributed by atoms with Crippen molar-refractivity contribution < 1.29 is 27.9 Å². The van der Waals surface area contributed by atoms with Gasteiger partial charge in [0.2, 0.25) is 5.91 Å². The smallest absolute Gasteiger partial charge is 0.356 e. The average molecular weight is 531 g/mol. The van der Waals surface area contributed by atoms with Crippen LogP contribution in [-0.4, -0.2) is 76.8 Å². The lowest BCUT2D eigenvalue weighted by Gasteiger charge is -2.29. The third-order valence-corrected chi connectivity index (χ3v) is 9.11. The Hall–Kier alpha value is -2.12. The van der Waals surface area contributed by atoms with Gasteiger partial charge in [0, 0.05) is 30.2 Å². The molecule has 0 aliphatic carbocycles. The first-order valence-corrected chi connectivity index (χ1v) is 14.4. The van der Waals surface area contributed by atoms with Crippen molar-refractivity contribution in [1.82, 2.24) is 25.5 Å². The number of nitrogens with one attached hydrogen (secondary N) is 3. The number of carbonyl (C=O) groups excluding carboxylic acids is 2. The molecule has 0 saturated carbocycles. The van der Waals surface area contributed by atoms with Crippen LogP contribution in [0.25, 0.3) is 0 Å². The summed E-state index contributed by atoms with van der Waals surface area (Å²) in [6, 6.07) is 1.81. The van der Waals surface area contributed by atoms with Crippen LogP contribution in [0.15, 0.2) is 17.1 Å². The van der Waals surface area contributed by atoms with Gasteiger partial charge in [-0.1, -0.05) is 6.42 Å². The maximum atomic E-state index is 12.6. The van der Waals surface area contributed by atoms with Crippen molar-refractivity contribution in [2.75, 3.05) is 37.6 Å². The number of nitrogen functional groups attached to an aromatic ring is 1. The number of hydrogen-bond donors (Lipinski definition) is 4. The number of nitrogens with two attached hydrogens (primary N) is 1. The molecule has 194 valence electrons. The van der Waals surface area contributed by atoms with Gasteiger partial charge >= 0.3 is 19.3 Å². The van der Waals surface area contributed by atoms with E-state index in [2.05, 4.69) is 20.9 Å². The minimum Gasteiger partial charge on any atom is -0.383 e. The molecular formula is C20H31N6O7PS. The van der Waals surface area contributed by atoms with E-state index in [0.717, 1.165) is 25.0 Å². The molecule has 3 aliphatic rings. The van der Waals surface area contributed by atoms with Crippen molar-refractivity contribution in [3.63, 3.8) is 0 Å². The summed E-state index contributed by atoms with van der Waals surface area (Å²) in [6.07, 6.45) is 3.81. The number of amides is 3. The maximum absolute atomic E-state index is 12.6. The highest BCUT2D eigenvalue weighted by molar-refractivity contribution is 8.00. The first kappa shape index (κ1) is 26.0. The van der Waals surface area contributed by atoms with Crippen LogP contribution in [0, 0.1) is 0 Å². The van der Waals surface area contributed by atoms with Gasteiger partial charge < -0.3 is 35.5 Å². The van der Waals surface area contributed by atoms with Gasteiger partial charge in [-0.3, -0.25) is 13.9 Å². The summed E-state index contributed by atoms with van der Waals surface area (Å²) in [5, 5.41) is 9.03. The normalized spacial score (nSPS) is 29.9. The third kappa shape index (κ3) is 7.20. The highest BCUT2D eigenvalue weighted by atomic mass is 32.2. The van der Waals surface area contributed by atoms with E-state index >= 15 is 0 Å². The lowest BCUT2D eigenvalue weighted by atomic mass is 10.0. The zero-order valence-electron chi connectivity index (χ0n) is 19.2. The zero-order valence-corrected chi connectivity index (χ0v) is 20.9. The van der Waals surface area contributed by atoms with E-state index in [0.29, 0.717) is 11.7 Å². The van der Waals surface area contributed by atoms with Crippen LogP contribution in [0.1, 0.15) is 25.7 Å². The molecule has 3 amide bonds. The largest absolute Gasteiger partial charge is 0.383 e. The fourth-order valence-corrected chi connectivity index (χ4v) is 7.12. The Bertz CT molecular complexity index is 1010. The predicted octanol–water partition coefficient (Wildman–Crippen LogP) is 0.250. The molecule has 0 bridgehead atoms. The number of hydrogen-bond acceptors (Lipinski definition) is 10. The second kappa shape index (κ2) is 11.7. The van der Waals surface area contributed by atoms with Crippen molar-refractivity contribution in [3.8, 4) is 0 Å². The lowest BCUT2D eigenvalue weighted by molar-refractivity contribution is -0.121. The molecule has 1 aromatic heterocycles. The number of rotatable bonds is 11. The predicted molar refractivity (Wildman–Crippen MR) is 129 cm³/mol. The molecule has 1 aromatic rings. The van der Waals surface area contributed by atoms with Crippen molar-refractivity contribution in [3.05, 3.63) is 22.7 Å². The Morgan fingerprint density at radius 2 is 2.23 bits per heavy atom. The number of fused-ring (bicyclic) bond motifs is 1. The van der Waals surface area contributed by atoms with Gasteiger partial charge in [0.15, 0.2) is 0 Å². The maximum Gasteiger partial charge on any atom is 0.356 e. The molecule has 3 fully saturated rings. The van der Waals surface area contributed by atoms with Gasteiger partial charge in [0.05, 0.1) is 31.8 Å². The zero-order chi connectivity index (χ0) is 24.8. The number of unbranched alkanes of at least 4 members (excludes halogenated alkanes) is 1. The number of carbonyl (C=O) groups is 2. The van der Waals surface area contributed by atoms with Crippen LogP contribution in [0.2, 0.25) is 0 Å². The van der Waals surface area contributed by atoms with Crippen LogP contribution >= 0.6 is 19.4 Å². The van der Waals surface area contributed by atoms with E-state index in [4.69, 9.17) is 19.5 Å². The van der Waals surface area contributed by atoms with Gasteiger partial charge in [-0.2, -0.15) is 16.7 Å². The van der Waals surface area contributed by atoms with E-state index in [9.17, 15) is 18.9 Å². The topological polar surface area (TPSA) is 176 Å². The number of thioether (sulfide) groups is 1. The summed E-state index contributed by atoms with van der Waals surface area (Å²) in [5.41, 5.74) is 4.97. The summed E-state index contributed by atoms with van der Waals surface area (Å²) < 4.78 is 30.2. The molecule has 0 radical (unpaired) electrons. The molecule has 0 aromatic carbocycles. The SMILES string of the molecule is Nc1ccn(C[C@H]2COP(=O)(OCCNC(=O)CCCC[C@@H]3SC[C@@H]4NC(=O)N[C@@H]43)CO2)c(=O)n1. The average Bonchev–Trinajstić information content (AvgIpc) is 3.37. The monoisotopic (exact) mass is 530 g/mol. The van der Waals surface area contributed by atoms with Crippen LogP contribution in [0.3, 0.4) is 0 Å². The van der Waals surface area contributed by atoms with Crippen LogP contribution in [0.5, 0.6) is 0 Å². The molecule has 4 heterocycles. The molecule has 0 spiro atoms. The molecule has 15 heteroatoms. The van der Waals surface area contributed by atoms with Gasteiger partial charge in [-0.25, -0.2) is 9.59 Å². The molecule has 35 heavy (non-hydrogen) atoms. The number of aromatic nitrogens is 2. The third-order valence-electron chi connectivity index (χ3n) is 6.01. The van der Waals surface area contributed by atoms with E-state index in [1.54, 1.807) is 0 Å². The fourth-order valence-electron chi connectivity index (χ4n) is 4.20. The fraction of sp³-hybridized carbons (Fsp3) is 0.700. The highest BCUT2D eigenvalue weighted by Crippen LogP contribution is 2.50. The van der Waals surface area contributed by atoms with Crippen LogP contribution in [0.4, 0.5) is 10.6 Å². The van der Waals surface area contributed by atoms with Gasteiger partial charge in [0.1, 0.15) is 18.3 Å². The number of nitrogens with zero attached hydrogens (tertiary/aromatic N) is 2. The van der Waals surface area contributed by atoms with Gasteiger partial charge in [-0.05, 0) is 18.9 Å². The summed E-state index contributed by atoms with van der Waals surface area (Å²) >= 11 is 1.86. The first-order chi connectivity index (χ1) is 16.8. The Labute approximate surface area is 206 Å². The van der Waals surface area contributed by atoms with Crippen molar-refractivity contribution in [1.29, 1.82) is 0 Å². The van der Waals surface area contributed by atoms with E-state index in [1.807, 2.05) is 11.8 Å². The van der Waals surface area contributed by atoms with Crippen LogP contribution < -0.4 is 27.4 Å². The second-order valence-corrected chi connectivity index (χ2v) is 11.9. The Balaban J connectivity index is 1.05. The van der Waals surface area contributed by atoms with Gasteiger partial charge in [0.25, 0.3) is 0 Å². The second-order valence-electron chi connectivity index (χ2n) is 8.66. The Kier molecular flexibility index (Phi) is 8.71. The first-order valence-electron chi connectivity index (χ1n) is 11.6. The molecule has 3 saturated heterocycles. The molecule has 13 nitrogen and oxygen atoms in total. The van der Waals surface area contributed by atoms with Crippen molar-refractivity contribution >= 4 is 37.1 Å². The quantitative estimate of drug-likeness (QED) is 0.176. The highest BCUT2D eigenvalue weighted by Gasteiger charge is 2.42. The lowest BCUT2D eigenvalue weighted by Crippen LogP contribution is -2.36. The van der Waals surface area contributed by atoms with Crippen molar-refractivity contribution in [2.24, 2.45) is 0 Å². The molecule has 3 aliphatic heterocycles. The Morgan fingerprint density at radius 3 is 3.00 bits per heavy atom. The molecule has 5 atom stereocenters. The minimum absolute atomic E-state index is 0.00107. The number of ether oxygens (including phenoxy) is 1. The summed E-state index contributed by atoms with van der Waals surface area (Å²) in [7, 11) is -3.42. The molecule has 5 N–H and O–H groups in total. The van der Waals surface area contributed by atoms with Crippen LogP contribution in [-0.2, 0) is 29.7 Å². The summed E-state index contributed by atoms with van der Waals surface area (Å²) in [5.74, 6) is 0.966. The van der Waals surface area contributed by atoms with E-state index < -0.39 is 19.4 Å². The van der Waals surface area contributed by atoms with E-state index in [1.165, 1.54) is 16.8 Å². The number of anilines is 1. The summed E-state index contributed by atoms with van der Waals surface area (Å²) in [4.78, 5) is 38.9. The van der Waals surface area contributed by atoms with Gasteiger partial charge in [-0.15, -0.1) is 0 Å². The molecular weight excluding hydrogens is 499 g/mol. The number of urea groups is 1. The standard InChI is InChI=1S/C20H31N6O7PS/c21-16-5-7-26(20(29)24-16)9-13-10-33-34(30,12-31-13)32-8-6-22-17(27)4-2-1-3-15-18-14(11-35-15)23-19(28)25-18/h5,7,13-15,18H,1-4,6,8-12H2,(H,22,27)(H2,21,24,29)(H2,23,25,28)/t13-,14-,15-,18-,34?/m0/s1. The Morgan fingerprint density at radius 1 is 1.37 bits per heavy atom. The summed E-state index contributed by atoms with van der Waals surface area (Å²) in [6.45, 7) is 0.435. The van der Waals surface area contributed by atoms with E-state index in [-0.39, 0.29) is 62.5 Å². The minimum atomic E-state index is -3.42. The van der Waals surface area contributed by atoms with Crippen molar-refractivity contribution in [2.45, 2.75) is 55.7 Å². The molecule has 4 rings (SSSR count).